The average molecular weight is 458 g/mol. The fourth-order valence-electron chi connectivity index (χ4n) is 3.44. The Balaban J connectivity index is 1.64. The highest BCUT2D eigenvalue weighted by molar-refractivity contribution is 7.10. The van der Waals surface area contributed by atoms with E-state index in [9.17, 15) is 18.7 Å². The Kier molecular flexibility index (Phi) is 5.94. The number of pyridine rings is 1. The van der Waals surface area contributed by atoms with Gasteiger partial charge in [-0.15, -0.1) is 11.3 Å². The smallest absolute Gasteiger partial charge is 0.271 e. The van der Waals surface area contributed by atoms with Crippen LogP contribution in [0.5, 0.6) is 5.75 Å². The molecule has 0 aliphatic heterocycles. The SMILES string of the molecule is Cc1nc2c(OCc3c(F)cccc3F)cccn2c1C(=O)N[C@@](C)(CO)c1cccs1. The summed E-state index contributed by atoms with van der Waals surface area (Å²) in [7, 11) is 0. The summed E-state index contributed by atoms with van der Waals surface area (Å²) in [4.78, 5) is 18.4. The molecule has 0 bridgehead atoms. The van der Waals surface area contributed by atoms with Crippen molar-refractivity contribution in [2.24, 2.45) is 0 Å². The lowest BCUT2D eigenvalue weighted by molar-refractivity contribution is 0.0846. The molecular weight excluding hydrogens is 436 g/mol. The van der Waals surface area contributed by atoms with Crippen molar-refractivity contribution in [2.45, 2.75) is 26.0 Å². The summed E-state index contributed by atoms with van der Waals surface area (Å²) < 4.78 is 35.1. The average Bonchev–Trinajstić information content (AvgIpc) is 3.41. The van der Waals surface area contributed by atoms with Crippen LogP contribution in [0.2, 0.25) is 0 Å². The predicted molar refractivity (Wildman–Crippen MR) is 117 cm³/mol. The van der Waals surface area contributed by atoms with E-state index in [4.69, 9.17) is 4.74 Å². The first kappa shape index (κ1) is 21.9. The van der Waals surface area contributed by atoms with Gasteiger partial charge in [0.1, 0.15) is 23.9 Å². The highest BCUT2D eigenvalue weighted by Gasteiger charge is 2.31. The quantitative estimate of drug-likeness (QED) is 0.436. The number of benzene rings is 1. The Morgan fingerprint density at radius 2 is 1.97 bits per heavy atom. The van der Waals surface area contributed by atoms with E-state index >= 15 is 0 Å². The van der Waals surface area contributed by atoms with Crippen LogP contribution in [0.25, 0.3) is 5.65 Å². The summed E-state index contributed by atoms with van der Waals surface area (Å²) in [5.41, 5.74) is -0.0850. The molecule has 3 heterocycles. The van der Waals surface area contributed by atoms with Gasteiger partial charge < -0.3 is 15.2 Å². The summed E-state index contributed by atoms with van der Waals surface area (Å²) in [6, 6.07) is 10.6. The summed E-state index contributed by atoms with van der Waals surface area (Å²) in [5, 5.41) is 14.7. The molecule has 9 heteroatoms. The van der Waals surface area contributed by atoms with E-state index in [1.165, 1.54) is 17.4 Å². The minimum atomic E-state index is -0.960. The summed E-state index contributed by atoms with van der Waals surface area (Å²) in [6.07, 6.45) is 1.65. The van der Waals surface area contributed by atoms with Crippen molar-refractivity contribution in [1.29, 1.82) is 0 Å². The van der Waals surface area contributed by atoms with Crippen LogP contribution in [0.1, 0.15) is 33.5 Å². The first-order chi connectivity index (χ1) is 15.3. The maximum Gasteiger partial charge on any atom is 0.271 e. The lowest BCUT2D eigenvalue weighted by Crippen LogP contribution is -2.46. The first-order valence-corrected chi connectivity index (χ1v) is 10.7. The van der Waals surface area contributed by atoms with Crippen LogP contribution in [-0.2, 0) is 12.1 Å². The van der Waals surface area contributed by atoms with Crippen molar-refractivity contribution in [1.82, 2.24) is 14.7 Å². The highest BCUT2D eigenvalue weighted by atomic mass is 32.1. The molecule has 1 amide bonds. The third-order valence-electron chi connectivity index (χ3n) is 5.21. The number of aliphatic hydroxyl groups excluding tert-OH is 1. The molecule has 0 aliphatic rings. The Labute approximate surface area is 187 Å². The number of carbonyl (C=O) groups is 1. The van der Waals surface area contributed by atoms with E-state index in [0.717, 1.165) is 17.0 Å². The zero-order chi connectivity index (χ0) is 22.9. The molecule has 0 radical (unpaired) electrons. The Hall–Kier alpha value is -3.30. The number of carbonyl (C=O) groups excluding carboxylic acids is 1. The van der Waals surface area contributed by atoms with Crippen LogP contribution in [0, 0.1) is 18.6 Å². The third kappa shape index (κ3) is 3.96. The van der Waals surface area contributed by atoms with Gasteiger partial charge in [0.05, 0.1) is 23.4 Å². The van der Waals surface area contributed by atoms with Crippen LogP contribution in [0.15, 0.2) is 54.0 Å². The molecule has 1 atom stereocenters. The largest absolute Gasteiger partial charge is 0.485 e. The molecule has 32 heavy (non-hydrogen) atoms. The molecule has 4 aromatic rings. The monoisotopic (exact) mass is 457 g/mol. The molecule has 0 saturated carbocycles. The summed E-state index contributed by atoms with van der Waals surface area (Å²) >= 11 is 1.43. The second kappa shape index (κ2) is 8.68. The molecule has 0 aliphatic carbocycles. The number of halogens is 2. The predicted octanol–water partition coefficient (Wildman–Crippen LogP) is 4.20. The minimum Gasteiger partial charge on any atom is -0.485 e. The van der Waals surface area contributed by atoms with E-state index in [0.29, 0.717) is 11.3 Å². The van der Waals surface area contributed by atoms with Gasteiger partial charge in [-0.25, -0.2) is 13.8 Å². The van der Waals surface area contributed by atoms with Gasteiger partial charge in [0.25, 0.3) is 5.91 Å². The number of ether oxygens (including phenoxy) is 1. The van der Waals surface area contributed by atoms with Crippen molar-refractivity contribution in [2.75, 3.05) is 6.61 Å². The van der Waals surface area contributed by atoms with Crippen molar-refractivity contribution in [3.05, 3.63) is 87.5 Å². The minimum absolute atomic E-state index is 0.189. The van der Waals surface area contributed by atoms with Crippen molar-refractivity contribution in [3.63, 3.8) is 0 Å². The Morgan fingerprint density at radius 3 is 2.62 bits per heavy atom. The van der Waals surface area contributed by atoms with Crippen LogP contribution in [-0.4, -0.2) is 27.0 Å². The molecule has 3 aromatic heterocycles. The maximum absolute atomic E-state index is 13.9. The number of hydrogen-bond donors (Lipinski definition) is 2. The topological polar surface area (TPSA) is 75.9 Å². The van der Waals surface area contributed by atoms with Gasteiger partial charge in [-0.3, -0.25) is 9.20 Å². The summed E-state index contributed by atoms with van der Waals surface area (Å²) in [5.74, 6) is -1.54. The number of amides is 1. The zero-order valence-corrected chi connectivity index (χ0v) is 18.2. The van der Waals surface area contributed by atoms with E-state index < -0.39 is 23.1 Å². The van der Waals surface area contributed by atoms with Gasteiger partial charge in [-0.1, -0.05) is 12.1 Å². The third-order valence-corrected chi connectivity index (χ3v) is 6.34. The first-order valence-electron chi connectivity index (χ1n) is 9.85. The molecule has 0 saturated heterocycles. The van der Waals surface area contributed by atoms with Gasteiger partial charge in [0.15, 0.2) is 11.4 Å². The highest BCUT2D eigenvalue weighted by Crippen LogP contribution is 2.27. The van der Waals surface area contributed by atoms with Crippen molar-refractivity contribution < 1.29 is 23.4 Å². The van der Waals surface area contributed by atoms with Crippen molar-refractivity contribution in [3.8, 4) is 5.75 Å². The molecule has 6 nitrogen and oxygen atoms in total. The Morgan fingerprint density at radius 1 is 1.22 bits per heavy atom. The fraction of sp³-hybridized carbons (Fsp3) is 0.217. The van der Waals surface area contributed by atoms with E-state index in [-0.39, 0.29) is 30.2 Å². The lowest BCUT2D eigenvalue weighted by Gasteiger charge is -2.27. The van der Waals surface area contributed by atoms with Gasteiger partial charge in [-0.05, 0) is 49.6 Å². The van der Waals surface area contributed by atoms with E-state index in [1.807, 2.05) is 17.5 Å². The number of aliphatic hydroxyl groups is 1. The normalized spacial score (nSPS) is 13.2. The van der Waals surface area contributed by atoms with Gasteiger partial charge >= 0.3 is 0 Å². The Bertz CT molecular complexity index is 1250. The molecule has 166 valence electrons. The maximum atomic E-state index is 13.9. The molecule has 0 spiro atoms. The van der Waals surface area contributed by atoms with Crippen LogP contribution < -0.4 is 10.1 Å². The van der Waals surface area contributed by atoms with Crippen LogP contribution in [0.3, 0.4) is 0 Å². The summed E-state index contributed by atoms with van der Waals surface area (Å²) in [6.45, 7) is 2.82. The number of aryl methyl sites for hydroxylation is 1. The molecule has 0 unspecified atom stereocenters. The number of fused-ring (bicyclic) bond motifs is 1. The molecule has 1 aromatic carbocycles. The van der Waals surface area contributed by atoms with Crippen LogP contribution >= 0.6 is 11.3 Å². The number of nitrogens with one attached hydrogen (secondary N) is 1. The van der Waals surface area contributed by atoms with Crippen LogP contribution in [0.4, 0.5) is 8.78 Å². The zero-order valence-electron chi connectivity index (χ0n) is 17.4. The standard InChI is InChI=1S/C23H21F2N3O3S/c1-14-20(22(30)27-23(2,13-29)19-9-5-11-32-19)28-10-4-8-18(21(28)26-14)31-12-15-16(24)6-3-7-17(15)25/h3-11,29H,12-13H2,1-2H3,(H,27,30)/t23-/m0/s1. The number of aromatic nitrogens is 2. The number of imidazole rings is 1. The second-order valence-electron chi connectivity index (χ2n) is 7.52. The second-order valence-corrected chi connectivity index (χ2v) is 8.47. The van der Waals surface area contributed by atoms with E-state index in [2.05, 4.69) is 10.3 Å². The fourth-order valence-corrected chi connectivity index (χ4v) is 4.28. The molecule has 4 rings (SSSR count). The number of hydrogen-bond acceptors (Lipinski definition) is 5. The van der Waals surface area contributed by atoms with Crippen molar-refractivity contribution >= 4 is 22.9 Å². The van der Waals surface area contributed by atoms with Gasteiger partial charge in [0, 0.05) is 11.1 Å². The molecule has 0 fully saturated rings. The number of rotatable bonds is 7. The number of thiophene rings is 1. The molecular formula is C23H21F2N3O3S. The molecule has 2 N–H and O–H groups in total. The van der Waals surface area contributed by atoms with Gasteiger partial charge in [0.2, 0.25) is 0 Å². The van der Waals surface area contributed by atoms with Gasteiger partial charge in [-0.2, -0.15) is 0 Å². The van der Waals surface area contributed by atoms with E-state index in [1.54, 1.807) is 36.6 Å². The number of nitrogens with zero attached hydrogens (tertiary/aromatic N) is 2. The lowest BCUT2D eigenvalue weighted by atomic mass is 10.0.